The molecule has 0 radical (unpaired) electrons. The largest absolute Gasteiger partial charge is 0.307 e. The summed E-state index contributed by atoms with van der Waals surface area (Å²) in [4.78, 5) is 27.9. The molecule has 1 aliphatic heterocycles. The van der Waals surface area contributed by atoms with E-state index < -0.39 is 15.9 Å². The van der Waals surface area contributed by atoms with E-state index in [0.717, 1.165) is 9.56 Å². The van der Waals surface area contributed by atoms with Gasteiger partial charge in [0.2, 0.25) is 5.91 Å². The number of rotatable bonds is 5. The first-order valence-corrected chi connectivity index (χ1v) is 11.8. The molecule has 1 unspecified atom stereocenters. The molecule has 1 aromatic carbocycles. The highest BCUT2D eigenvalue weighted by Gasteiger charge is 2.35. The molecular formula is C20H19N3O4S2. The van der Waals surface area contributed by atoms with Crippen molar-refractivity contribution in [3.05, 3.63) is 70.3 Å². The van der Waals surface area contributed by atoms with Crippen LogP contribution in [-0.4, -0.2) is 41.7 Å². The van der Waals surface area contributed by atoms with Crippen molar-refractivity contribution < 1.29 is 13.2 Å². The van der Waals surface area contributed by atoms with Crippen molar-refractivity contribution in [2.24, 2.45) is 0 Å². The Labute approximate surface area is 172 Å². The molecule has 0 N–H and O–H groups in total. The van der Waals surface area contributed by atoms with E-state index in [9.17, 15) is 18.0 Å². The van der Waals surface area contributed by atoms with Crippen molar-refractivity contribution in [1.82, 2.24) is 9.78 Å². The second-order valence-electron chi connectivity index (χ2n) is 6.85. The average Bonchev–Trinajstić information content (AvgIpc) is 3.35. The van der Waals surface area contributed by atoms with E-state index in [2.05, 4.69) is 5.10 Å². The van der Waals surface area contributed by atoms with Gasteiger partial charge in [0.05, 0.1) is 22.4 Å². The first-order chi connectivity index (χ1) is 13.9. The molecule has 1 aliphatic rings. The van der Waals surface area contributed by atoms with Gasteiger partial charge in [-0.05, 0) is 36.1 Å². The molecule has 0 bridgehead atoms. The Bertz CT molecular complexity index is 1170. The van der Waals surface area contributed by atoms with E-state index in [4.69, 9.17) is 0 Å². The van der Waals surface area contributed by atoms with Crippen LogP contribution < -0.4 is 10.5 Å². The van der Waals surface area contributed by atoms with Crippen molar-refractivity contribution in [2.45, 2.75) is 19.0 Å². The summed E-state index contributed by atoms with van der Waals surface area (Å²) < 4.78 is 25.1. The van der Waals surface area contributed by atoms with Crippen LogP contribution in [0.25, 0.3) is 10.6 Å². The lowest BCUT2D eigenvalue weighted by Crippen LogP contribution is -2.44. The Balaban J connectivity index is 1.65. The summed E-state index contributed by atoms with van der Waals surface area (Å²) >= 11 is 1.49. The Morgan fingerprint density at radius 2 is 1.93 bits per heavy atom. The molecular weight excluding hydrogens is 410 g/mol. The number of hydrogen-bond acceptors (Lipinski definition) is 6. The maximum atomic E-state index is 13.2. The van der Waals surface area contributed by atoms with E-state index >= 15 is 0 Å². The Hall–Kier alpha value is -2.78. The number of aromatic nitrogens is 2. The summed E-state index contributed by atoms with van der Waals surface area (Å²) in [5.74, 6) is -0.387. The van der Waals surface area contributed by atoms with Crippen LogP contribution in [0.5, 0.6) is 0 Å². The third kappa shape index (κ3) is 4.30. The van der Waals surface area contributed by atoms with E-state index in [1.165, 1.54) is 22.3 Å². The third-order valence-electron chi connectivity index (χ3n) is 4.80. The lowest BCUT2D eigenvalue weighted by Gasteiger charge is -2.28. The maximum Gasteiger partial charge on any atom is 0.267 e. The van der Waals surface area contributed by atoms with Crippen molar-refractivity contribution in [2.75, 3.05) is 16.4 Å². The van der Waals surface area contributed by atoms with Gasteiger partial charge in [-0.15, -0.1) is 11.3 Å². The lowest BCUT2D eigenvalue weighted by molar-refractivity contribution is -0.119. The van der Waals surface area contributed by atoms with Crippen molar-refractivity contribution in [1.29, 1.82) is 0 Å². The fourth-order valence-electron chi connectivity index (χ4n) is 3.45. The van der Waals surface area contributed by atoms with Gasteiger partial charge in [0.15, 0.2) is 9.84 Å². The number of anilines is 1. The second kappa shape index (κ2) is 7.92. The van der Waals surface area contributed by atoms with Gasteiger partial charge in [-0.3, -0.25) is 9.59 Å². The zero-order valence-electron chi connectivity index (χ0n) is 15.5. The number of amides is 1. The van der Waals surface area contributed by atoms with Gasteiger partial charge in [0, 0.05) is 11.8 Å². The zero-order chi connectivity index (χ0) is 20.4. The van der Waals surface area contributed by atoms with Gasteiger partial charge in [-0.1, -0.05) is 24.3 Å². The predicted molar refractivity (Wildman–Crippen MR) is 113 cm³/mol. The monoisotopic (exact) mass is 429 g/mol. The highest BCUT2D eigenvalue weighted by Crippen LogP contribution is 2.25. The SMILES string of the molecule is O=C(Cn1nc(-c2cccs2)ccc1=O)N(c1ccccc1)C1CCS(=O)(=O)C1. The van der Waals surface area contributed by atoms with Crippen LogP contribution >= 0.6 is 11.3 Å². The number of benzene rings is 1. The molecule has 150 valence electrons. The Morgan fingerprint density at radius 3 is 2.59 bits per heavy atom. The molecule has 29 heavy (non-hydrogen) atoms. The number of thiophene rings is 1. The van der Waals surface area contributed by atoms with Gasteiger partial charge in [0.1, 0.15) is 12.2 Å². The van der Waals surface area contributed by atoms with E-state index in [1.807, 2.05) is 23.6 Å². The van der Waals surface area contributed by atoms with Crippen LogP contribution in [0.3, 0.4) is 0 Å². The third-order valence-corrected chi connectivity index (χ3v) is 7.44. The smallest absolute Gasteiger partial charge is 0.267 e. The fourth-order valence-corrected chi connectivity index (χ4v) is 5.84. The molecule has 9 heteroatoms. The van der Waals surface area contributed by atoms with Crippen LogP contribution in [0.2, 0.25) is 0 Å². The fraction of sp³-hybridized carbons (Fsp3) is 0.250. The van der Waals surface area contributed by atoms with Crippen LogP contribution in [0.4, 0.5) is 5.69 Å². The average molecular weight is 430 g/mol. The zero-order valence-corrected chi connectivity index (χ0v) is 17.1. The summed E-state index contributed by atoms with van der Waals surface area (Å²) in [6.07, 6.45) is 0.376. The molecule has 0 aliphatic carbocycles. The summed E-state index contributed by atoms with van der Waals surface area (Å²) in [5, 5.41) is 6.25. The summed E-state index contributed by atoms with van der Waals surface area (Å²) in [6.45, 7) is -0.260. The van der Waals surface area contributed by atoms with Gasteiger partial charge >= 0.3 is 0 Å². The van der Waals surface area contributed by atoms with Gasteiger partial charge in [-0.25, -0.2) is 13.1 Å². The predicted octanol–water partition coefficient (Wildman–Crippen LogP) is 2.19. The van der Waals surface area contributed by atoms with Crippen LogP contribution in [-0.2, 0) is 21.2 Å². The topological polar surface area (TPSA) is 89.3 Å². The van der Waals surface area contributed by atoms with Crippen molar-refractivity contribution in [3.8, 4) is 10.6 Å². The molecule has 1 amide bonds. The summed E-state index contributed by atoms with van der Waals surface area (Å²) in [7, 11) is -3.18. The molecule has 2 aromatic heterocycles. The van der Waals surface area contributed by atoms with Crippen LogP contribution in [0.15, 0.2) is 64.8 Å². The molecule has 3 heterocycles. The van der Waals surface area contributed by atoms with E-state index in [1.54, 1.807) is 30.3 Å². The molecule has 1 saturated heterocycles. The van der Waals surface area contributed by atoms with Crippen molar-refractivity contribution >= 4 is 32.8 Å². The highest BCUT2D eigenvalue weighted by molar-refractivity contribution is 7.91. The standard InChI is InChI=1S/C20H19N3O4S2/c24-19-9-8-17(18-7-4-11-28-18)21-22(19)13-20(25)23(15-5-2-1-3-6-15)16-10-12-29(26,27)14-16/h1-9,11,16H,10,12-14H2. The quantitative estimate of drug-likeness (QED) is 0.620. The summed E-state index contributed by atoms with van der Waals surface area (Å²) in [6, 6.07) is 15.3. The van der Waals surface area contributed by atoms with Crippen LogP contribution in [0, 0.1) is 0 Å². The molecule has 1 fully saturated rings. The minimum Gasteiger partial charge on any atom is -0.307 e. The van der Waals surface area contributed by atoms with E-state index in [0.29, 0.717) is 17.8 Å². The minimum absolute atomic E-state index is 0.0559. The molecule has 0 saturated carbocycles. The molecule has 3 aromatic rings. The van der Waals surface area contributed by atoms with Gasteiger partial charge < -0.3 is 4.90 Å². The molecule has 1 atom stereocenters. The number of hydrogen-bond donors (Lipinski definition) is 0. The number of nitrogens with zero attached hydrogens (tertiary/aromatic N) is 3. The lowest BCUT2D eigenvalue weighted by atomic mass is 10.1. The Kier molecular flexibility index (Phi) is 5.33. The maximum absolute atomic E-state index is 13.2. The normalized spacial score (nSPS) is 17.9. The van der Waals surface area contributed by atoms with E-state index in [-0.39, 0.29) is 29.5 Å². The van der Waals surface area contributed by atoms with Gasteiger partial charge in [0.25, 0.3) is 5.56 Å². The van der Waals surface area contributed by atoms with Crippen LogP contribution in [0.1, 0.15) is 6.42 Å². The number of carbonyl (C=O) groups is 1. The second-order valence-corrected chi connectivity index (χ2v) is 10.0. The first kappa shape index (κ1) is 19.5. The minimum atomic E-state index is -3.18. The summed E-state index contributed by atoms with van der Waals surface area (Å²) in [5.41, 5.74) is 0.842. The number of sulfone groups is 1. The highest BCUT2D eigenvalue weighted by atomic mass is 32.2. The number of carbonyl (C=O) groups excluding carboxylic acids is 1. The van der Waals surface area contributed by atoms with Gasteiger partial charge in [-0.2, -0.15) is 5.10 Å². The molecule has 4 rings (SSSR count). The molecule has 7 nitrogen and oxygen atoms in total. The molecule has 0 spiro atoms. The van der Waals surface area contributed by atoms with Crippen molar-refractivity contribution in [3.63, 3.8) is 0 Å². The number of para-hydroxylation sites is 1. The first-order valence-electron chi connectivity index (χ1n) is 9.12. The Morgan fingerprint density at radius 1 is 1.14 bits per heavy atom.